The Labute approximate surface area is 138 Å². The number of aromatic nitrogens is 2. The van der Waals surface area contributed by atoms with E-state index >= 15 is 0 Å². The van der Waals surface area contributed by atoms with Crippen molar-refractivity contribution < 1.29 is 9.53 Å². The minimum atomic E-state index is -0.449. The number of anilines is 1. The van der Waals surface area contributed by atoms with Crippen LogP contribution in [-0.4, -0.2) is 47.4 Å². The first-order valence-corrected chi connectivity index (χ1v) is 8.06. The van der Waals surface area contributed by atoms with E-state index in [1.807, 2.05) is 53.0 Å². The third-order valence-electron chi connectivity index (χ3n) is 3.89. The zero-order valence-electron chi connectivity index (χ0n) is 15.0. The highest BCUT2D eigenvalue weighted by Crippen LogP contribution is 2.21. The van der Waals surface area contributed by atoms with Crippen molar-refractivity contribution in [2.45, 2.75) is 57.8 Å². The van der Waals surface area contributed by atoms with Crippen molar-refractivity contribution in [3.8, 4) is 0 Å². The van der Waals surface area contributed by atoms with Crippen LogP contribution in [0.25, 0.3) is 0 Å². The summed E-state index contributed by atoms with van der Waals surface area (Å²) in [7, 11) is 5.99. The maximum absolute atomic E-state index is 11.7. The quantitative estimate of drug-likeness (QED) is 0.862. The van der Waals surface area contributed by atoms with Crippen LogP contribution in [0.3, 0.4) is 0 Å². The molecule has 2 rings (SSSR count). The highest BCUT2D eigenvalue weighted by atomic mass is 16.6. The van der Waals surface area contributed by atoms with Gasteiger partial charge in [-0.05, 0) is 33.6 Å². The van der Waals surface area contributed by atoms with Crippen LogP contribution in [0.1, 0.15) is 39.3 Å². The van der Waals surface area contributed by atoms with E-state index in [9.17, 15) is 4.79 Å². The molecule has 0 atom stereocenters. The predicted molar refractivity (Wildman–Crippen MR) is 90.6 cm³/mol. The second kappa shape index (κ2) is 6.78. The second-order valence-corrected chi connectivity index (χ2v) is 7.40. The van der Waals surface area contributed by atoms with E-state index in [0.29, 0.717) is 6.04 Å². The highest BCUT2D eigenvalue weighted by Gasteiger charge is 2.31. The minimum absolute atomic E-state index is 0.200. The fourth-order valence-electron chi connectivity index (χ4n) is 2.64. The molecule has 1 aliphatic carbocycles. The van der Waals surface area contributed by atoms with E-state index in [0.717, 1.165) is 31.0 Å². The Bertz CT molecular complexity index is 541. The molecule has 1 amide bonds. The largest absolute Gasteiger partial charge is 0.444 e. The van der Waals surface area contributed by atoms with Crippen molar-refractivity contribution in [1.29, 1.82) is 0 Å². The molecule has 1 saturated carbocycles. The van der Waals surface area contributed by atoms with Crippen LogP contribution in [0.2, 0.25) is 0 Å². The fraction of sp³-hybridized carbons (Fsp3) is 0.750. The van der Waals surface area contributed by atoms with Gasteiger partial charge in [-0.1, -0.05) is 0 Å². The number of alkyl carbamates (subject to hydrolysis) is 1. The first-order chi connectivity index (χ1) is 10.7. The Kier molecular flexibility index (Phi) is 5.19. The summed E-state index contributed by atoms with van der Waals surface area (Å²) in [6.07, 6.45) is 3.43. The molecule has 0 aliphatic heterocycles. The molecule has 0 unspecified atom stereocenters. The van der Waals surface area contributed by atoms with Gasteiger partial charge in [-0.15, -0.1) is 0 Å². The number of amides is 1. The van der Waals surface area contributed by atoms with Crippen LogP contribution in [0.5, 0.6) is 0 Å². The molecule has 1 heterocycles. The van der Waals surface area contributed by atoms with Gasteiger partial charge in [-0.2, -0.15) is 0 Å². The summed E-state index contributed by atoms with van der Waals surface area (Å²) in [4.78, 5) is 18.1. The van der Waals surface area contributed by atoms with Crippen LogP contribution >= 0.6 is 0 Å². The Hall–Kier alpha value is -1.76. The zero-order valence-corrected chi connectivity index (χ0v) is 15.0. The van der Waals surface area contributed by atoms with Crippen LogP contribution in [-0.2, 0) is 18.3 Å². The summed E-state index contributed by atoms with van der Waals surface area (Å²) in [5, 5.41) is 6.41. The molecular formula is C16H29N5O2. The van der Waals surface area contributed by atoms with Crippen molar-refractivity contribution in [3.05, 3.63) is 11.9 Å². The molecule has 130 valence electrons. The van der Waals surface area contributed by atoms with Crippen LogP contribution in [0.4, 0.5) is 10.7 Å². The Morgan fingerprint density at radius 3 is 2.57 bits per heavy atom. The van der Waals surface area contributed by atoms with E-state index in [2.05, 4.69) is 20.2 Å². The lowest BCUT2D eigenvalue weighted by atomic mass is 9.87. The van der Waals surface area contributed by atoms with Crippen molar-refractivity contribution >= 4 is 12.0 Å². The van der Waals surface area contributed by atoms with E-state index in [-0.39, 0.29) is 12.1 Å². The summed E-state index contributed by atoms with van der Waals surface area (Å²) in [6.45, 7) is 6.38. The number of carbonyl (C=O) groups is 1. The summed E-state index contributed by atoms with van der Waals surface area (Å²) in [5.74, 6) is 0.944. The van der Waals surface area contributed by atoms with E-state index in [1.54, 1.807) is 0 Å². The molecule has 23 heavy (non-hydrogen) atoms. The molecular weight excluding hydrogens is 294 g/mol. The SMILES string of the molecule is CN(C)c1ncc(CNC2CC(NC(=O)OC(C)(C)C)C2)n1C. The van der Waals surface area contributed by atoms with Crippen LogP contribution in [0, 0.1) is 0 Å². The highest BCUT2D eigenvalue weighted by molar-refractivity contribution is 5.68. The van der Waals surface area contributed by atoms with Crippen molar-refractivity contribution in [2.75, 3.05) is 19.0 Å². The lowest BCUT2D eigenvalue weighted by Crippen LogP contribution is -2.53. The fourth-order valence-corrected chi connectivity index (χ4v) is 2.64. The maximum atomic E-state index is 11.7. The first-order valence-electron chi connectivity index (χ1n) is 8.06. The number of carbonyl (C=O) groups excluding carboxylic acids is 1. The van der Waals surface area contributed by atoms with Gasteiger partial charge in [0.1, 0.15) is 5.60 Å². The number of hydrogen-bond donors (Lipinski definition) is 2. The number of hydrogen-bond acceptors (Lipinski definition) is 5. The molecule has 0 spiro atoms. The molecule has 0 radical (unpaired) electrons. The molecule has 0 aromatic carbocycles. The molecule has 1 aromatic rings. The van der Waals surface area contributed by atoms with Crippen LogP contribution < -0.4 is 15.5 Å². The van der Waals surface area contributed by atoms with Gasteiger partial charge in [0.2, 0.25) is 5.95 Å². The topological polar surface area (TPSA) is 71.4 Å². The molecule has 1 aliphatic rings. The van der Waals surface area contributed by atoms with E-state index in [1.165, 1.54) is 0 Å². The summed E-state index contributed by atoms with van der Waals surface area (Å²) in [6, 6.07) is 0.624. The standard InChI is InChI=1S/C16H29N5O2/c1-16(2,3)23-15(22)19-12-7-11(8-12)17-9-13-10-18-14(20(4)5)21(13)6/h10-12,17H,7-9H2,1-6H3,(H,19,22). The molecule has 7 heteroatoms. The van der Waals surface area contributed by atoms with Gasteiger partial charge in [0.25, 0.3) is 0 Å². The smallest absolute Gasteiger partial charge is 0.407 e. The number of rotatable bonds is 5. The normalized spacial score (nSPS) is 20.8. The van der Waals surface area contributed by atoms with Gasteiger partial charge in [-0.25, -0.2) is 9.78 Å². The Balaban J connectivity index is 1.70. The predicted octanol–water partition coefficient (Wildman–Crippen LogP) is 1.63. The summed E-state index contributed by atoms with van der Waals surface area (Å²) >= 11 is 0. The molecule has 2 N–H and O–H groups in total. The molecule has 7 nitrogen and oxygen atoms in total. The molecule has 1 fully saturated rings. The third-order valence-corrected chi connectivity index (χ3v) is 3.89. The Morgan fingerprint density at radius 1 is 1.39 bits per heavy atom. The van der Waals surface area contributed by atoms with Gasteiger partial charge in [0.05, 0.1) is 11.9 Å². The van der Waals surface area contributed by atoms with Gasteiger partial charge < -0.3 is 24.8 Å². The lowest BCUT2D eigenvalue weighted by Gasteiger charge is -2.36. The van der Waals surface area contributed by atoms with Gasteiger partial charge >= 0.3 is 6.09 Å². The molecule has 1 aromatic heterocycles. The minimum Gasteiger partial charge on any atom is -0.444 e. The molecule has 0 saturated heterocycles. The number of nitrogens with one attached hydrogen (secondary N) is 2. The van der Waals surface area contributed by atoms with Crippen LogP contribution in [0.15, 0.2) is 6.20 Å². The van der Waals surface area contributed by atoms with E-state index in [4.69, 9.17) is 4.74 Å². The number of nitrogens with zero attached hydrogens (tertiary/aromatic N) is 3. The lowest BCUT2D eigenvalue weighted by molar-refractivity contribution is 0.0465. The van der Waals surface area contributed by atoms with Gasteiger partial charge in [0.15, 0.2) is 0 Å². The monoisotopic (exact) mass is 323 g/mol. The average molecular weight is 323 g/mol. The van der Waals surface area contributed by atoms with Crippen molar-refractivity contribution in [2.24, 2.45) is 7.05 Å². The maximum Gasteiger partial charge on any atom is 0.407 e. The van der Waals surface area contributed by atoms with E-state index < -0.39 is 5.60 Å². The first kappa shape index (κ1) is 17.6. The molecule has 0 bridgehead atoms. The average Bonchev–Trinajstić information content (AvgIpc) is 2.71. The second-order valence-electron chi connectivity index (χ2n) is 7.40. The zero-order chi connectivity index (χ0) is 17.2. The van der Waals surface area contributed by atoms with Crippen molar-refractivity contribution in [3.63, 3.8) is 0 Å². The third kappa shape index (κ3) is 4.86. The Morgan fingerprint density at radius 2 is 2.04 bits per heavy atom. The van der Waals surface area contributed by atoms with Gasteiger partial charge in [-0.3, -0.25) is 0 Å². The number of ether oxygens (including phenoxy) is 1. The van der Waals surface area contributed by atoms with Gasteiger partial charge in [0, 0.05) is 39.8 Å². The summed E-state index contributed by atoms with van der Waals surface area (Å²) in [5.41, 5.74) is 0.701. The van der Waals surface area contributed by atoms with Crippen molar-refractivity contribution in [1.82, 2.24) is 20.2 Å². The summed E-state index contributed by atoms with van der Waals surface area (Å²) < 4.78 is 7.35. The number of imidazole rings is 1.